The third-order valence-corrected chi connectivity index (χ3v) is 6.87. The van der Waals surface area contributed by atoms with Crippen molar-refractivity contribution in [1.82, 2.24) is 5.32 Å². The van der Waals surface area contributed by atoms with Crippen LogP contribution in [0.2, 0.25) is 0 Å². The number of nitrogens with one attached hydrogen (secondary N) is 1. The van der Waals surface area contributed by atoms with Crippen LogP contribution in [0, 0.1) is 0 Å². The highest BCUT2D eigenvalue weighted by Gasteiger charge is 2.71. The van der Waals surface area contributed by atoms with Crippen molar-refractivity contribution in [1.29, 1.82) is 0 Å². The van der Waals surface area contributed by atoms with Crippen molar-refractivity contribution < 1.29 is 19.4 Å². The fourth-order valence-electron chi connectivity index (χ4n) is 5.00. The summed E-state index contributed by atoms with van der Waals surface area (Å²) in [4.78, 5) is 24.8. The Bertz CT molecular complexity index is 1130. The smallest absolute Gasteiger partial charge is 0.408 e. The maximum Gasteiger partial charge on any atom is 0.408 e. The van der Waals surface area contributed by atoms with Crippen LogP contribution in [0.5, 0.6) is 0 Å². The highest BCUT2D eigenvalue weighted by atomic mass is 16.5. The Morgan fingerprint density at radius 3 is 2.06 bits per heavy atom. The third-order valence-electron chi connectivity index (χ3n) is 6.87. The van der Waals surface area contributed by atoms with E-state index in [4.69, 9.17) is 4.74 Å². The van der Waals surface area contributed by atoms with Crippen LogP contribution in [0.3, 0.4) is 0 Å². The lowest BCUT2D eigenvalue weighted by Gasteiger charge is -2.21. The zero-order valence-corrected chi connectivity index (χ0v) is 17.2. The Labute approximate surface area is 180 Å². The second-order valence-electron chi connectivity index (χ2n) is 8.54. The second kappa shape index (κ2) is 6.98. The number of benzene rings is 3. The average Bonchev–Trinajstić information content (AvgIpc) is 3.28. The monoisotopic (exact) mass is 413 g/mol. The zero-order valence-electron chi connectivity index (χ0n) is 17.2. The molecule has 0 bridgehead atoms. The highest BCUT2D eigenvalue weighted by Crippen LogP contribution is 2.57. The fourth-order valence-corrected chi connectivity index (χ4v) is 5.00. The van der Waals surface area contributed by atoms with Gasteiger partial charge in [0, 0.05) is 11.3 Å². The molecule has 0 saturated heterocycles. The van der Waals surface area contributed by atoms with Gasteiger partial charge in [-0.05, 0) is 34.2 Å². The minimum absolute atomic E-state index is 0.0707. The molecule has 156 valence electrons. The van der Waals surface area contributed by atoms with Crippen LogP contribution in [-0.4, -0.2) is 29.3 Å². The Balaban J connectivity index is 1.33. The molecule has 1 saturated carbocycles. The number of carbonyl (C=O) groups excluding carboxylic acids is 1. The summed E-state index contributed by atoms with van der Waals surface area (Å²) in [7, 11) is 0. The maximum atomic E-state index is 12.7. The van der Waals surface area contributed by atoms with E-state index in [1.807, 2.05) is 73.7 Å². The van der Waals surface area contributed by atoms with Crippen LogP contribution < -0.4 is 5.32 Å². The second-order valence-corrected chi connectivity index (χ2v) is 8.54. The number of fused-ring (bicyclic) bond motifs is 3. The number of rotatable bonds is 5. The first-order chi connectivity index (χ1) is 15.0. The van der Waals surface area contributed by atoms with Gasteiger partial charge < -0.3 is 15.2 Å². The van der Waals surface area contributed by atoms with Crippen LogP contribution in [-0.2, 0) is 14.9 Å². The number of carboxylic acids is 1. The Kier molecular flexibility index (Phi) is 4.36. The first kappa shape index (κ1) is 19.4. The van der Waals surface area contributed by atoms with E-state index in [0.29, 0.717) is 6.42 Å². The van der Waals surface area contributed by atoms with Crippen molar-refractivity contribution >= 4 is 12.1 Å². The molecule has 0 heterocycles. The van der Waals surface area contributed by atoms with Crippen molar-refractivity contribution in [3.05, 3.63) is 95.6 Å². The van der Waals surface area contributed by atoms with Gasteiger partial charge in [-0.1, -0.05) is 85.8 Å². The van der Waals surface area contributed by atoms with Gasteiger partial charge in [-0.25, -0.2) is 9.59 Å². The molecule has 5 rings (SSSR count). The molecule has 0 unspecified atom stereocenters. The van der Waals surface area contributed by atoms with Crippen molar-refractivity contribution in [2.75, 3.05) is 6.61 Å². The molecule has 0 radical (unpaired) electrons. The lowest BCUT2D eigenvalue weighted by atomic mass is 9.92. The van der Waals surface area contributed by atoms with Gasteiger partial charge in [0.2, 0.25) is 0 Å². The molecule has 0 aromatic heterocycles. The van der Waals surface area contributed by atoms with Crippen molar-refractivity contribution in [3.63, 3.8) is 0 Å². The van der Waals surface area contributed by atoms with Gasteiger partial charge in [0.25, 0.3) is 0 Å². The molecule has 2 N–H and O–H groups in total. The lowest BCUT2D eigenvalue weighted by Crippen LogP contribution is -2.48. The van der Waals surface area contributed by atoms with E-state index >= 15 is 0 Å². The van der Waals surface area contributed by atoms with E-state index in [1.54, 1.807) is 0 Å². The summed E-state index contributed by atoms with van der Waals surface area (Å²) < 4.78 is 5.58. The Hall–Kier alpha value is -3.60. The molecule has 2 atom stereocenters. The molecule has 5 heteroatoms. The minimum Gasteiger partial charge on any atom is -0.479 e. The predicted molar refractivity (Wildman–Crippen MR) is 117 cm³/mol. The molecule has 0 aliphatic heterocycles. The van der Waals surface area contributed by atoms with Crippen LogP contribution >= 0.6 is 0 Å². The van der Waals surface area contributed by atoms with Crippen molar-refractivity contribution in [3.8, 4) is 11.1 Å². The number of alkyl carbamates (subject to hydrolysis) is 1. The van der Waals surface area contributed by atoms with E-state index in [9.17, 15) is 14.7 Å². The van der Waals surface area contributed by atoms with Crippen LogP contribution in [0.1, 0.15) is 36.0 Å². The Morgan fingerprint density at radius 2 is 1.48 bits per heavy atom. The van der Waals surface area contributed by atoms with Crippen LogP contribution in [0.4, 0.5) is 4.79 Å². The Morgan fingerprint density at radius 1 is 0.935 bits per heavy atom. The third kappa shape index (κ3) is 2.92. The summed E-state index contributed by atoms with van der Waals surface area (Å²) in [5.41, 5.74) is 3.37. The number of aliphatic carboxylic acids is 1. The molecule has 31 heavy (non-hydrogen) atoms. The quantitative estimate of drug-likeness (QED) is 0.635. The number of carboxylic acid groups (broad SMARTS) is 1. The molecule has 2 aliphatic carbocycles. The minimum atomic E-state index is -1.36. The number of hydrogen-bond acceptors (Lipinski definition) is 3. The molecule has 1 amide bonds. The largest absolute Gasteiger partial charge is 0.479 e. The molecule has 0 spiro atoms. The first-order valence-electron chi connectivity index (χ1n) is 10.4. The molecule has 5 nitrogen and oxygen atoms in total. The van der Waals surface area contributed by atoms with Gasteiger partial charge in [-0.2, -0.15) is 0 Å². The summed E-state index contributed by atoms with van der Waals surface area (Å²) in [6.07, 6.45) is -0.382. The van der Waals surface area contributed by atoms with Gasteiger partial charge in [-0.15, -0.1) is 0 Å². The highest BCUT2D eigenvalue weighted by molar-refractivity contribution is 5.91. The van der Waals surface area contributed by atoms with E-state index in [1.165, 1.54) is 0 Å². The summed E-state index contributed by atoms with van der Waals surface area (Å²) in [6, 6.07) is 25.6. The molecule has 2 aliphatic rings. The number of carbonyl (C=O) groups is 2. The summed E-state index contributed by atoms with van der Waals surface area (Å²) in [5.74, 6) is -1.12. The number of hydrogen-bond donors (Lipinski definition) is 2. The molecule has 3 aromatic rings. The van der Waals surface area contributed by atoms with E-state index in [0.717, 1.165) is 27.8 Å². The maximum absolute atomic E-state index is 12.7. The van der Waals surface area contributed by atoms with Crippen molar-refractivity contribution in [2.45, 2.75) is 30.2 Å². The summed E-state index contributed by atoms with van der Waals surface area (Å²) >= 11 is 0. The van der Waals surface area contributed by atoms with Crippen LogP contribution in [0.15, 0.2) is 78.9 Å². The molecular formula is C26H23NO4. The summed E-state index contributed by atoms with van der Waals surface area (Å²) in [5, 5.41) is 12.6. The lowest BCUT2D eigenvalue weighted by molar-refractivity contribution is -0.141. The standard InChI is InChI=1S/C26H23NO4/c1-25(17-9-3-2-4-10-17)16-26(25,23(28)29)27-24(30)31-15-22-20-13-7-5-11-18(20)19-12-6-8-14-21(19)22/h2-14,22H,15-16H2,1H3,(H,27,30)(H,28,29)/t25-,26-/m1/s1. The summed E-state index contributed by atoms with van der Waals surface area (Å²) in [6.45, 7) is 2.01. The normalized spacial score (nSPS) is 23.5. The zero-order chi connectivity index (χ0) is 21.6. The SMILES string of the molecule is C[C@]1(c2ccccc2)C[C@@]1(NC(=O)OCC1c2ccccc2-c2ccccc21)C(=O)O. The van der Waals surface area contributed by atoms with E-state index < -0.39 is 23.0 Å². The van der Waals surface area contributed by atoms with Gasteiger partial charge in [0.15, 0.2) is 5.54 Å². The molecule has 3 aromatic carbocycles. The fraction of sp³-hybridized carbons (Fsp3) is 0.231. The van der Waals surface area contributed by atoms with Gasteiger partial charge in [0.05, 0.1) is 0 Å². The van der Waals surface area contributed by atoms with Crippen molar-refractivity contribution in [2.24, 2.45) is 0 Å². The first-order valence-corrected chi connectivity index (χ1v) is 10.4. The van der Waals surface area contributed by atoms with Gasteiger partial charge >= 0.3 is 12.1 Å². The topological polar surface area (TPSA) is 75.6 Å². The predicted octanol–water partition coefficient (Wildman–Crippen LogP) is 4.71. The average molecular weight is 413 g/mol. The number of ether oxygens (including phenoxy) is 1. The van der Waals surface area contributed by atoms with Gasteiger partial charge in [-0.3, -0.25) is 0 Å². The molecular weight excluding hydrogens is 390 g/mol. The van der Waals surface area contributed by atoms with E-state index in [2.05, 4.69) is 17.4 Å². The molecule has 1 fully saturated rings. The van der Waals surface area contributed by atoms with Gasteiger partial charge in [0.1, 0.15) is 6.61 Å². The van der Waals surface area contributed by atoms with E-state index in [-0.39, 0.29) is 12.5 Å². The number of amides is 1. The van der Waals surface area contributed by atoms with Crippen LogP contribution in [0.25, 0.3) is 11.1 Å².